The molecule has 106 valence electrons. The van der Waals surface area contributed by atoms with E-state index in [1.807, 2.05) is 0 Å². The summed E-state index contributed by atoms with van der Waals surface area (Å²) >= 11 is 5.82. The highest BCUT2D eigenvalue weighted by Crippen LogP contribution is 2.22. The van der Waals surface area contributed by atoms with Crippen LogP contribution in [-0.4, -0.2) is 35.4 Å². The predicted molar refractivity (Wildman–Crippen MR) is 75.3 cm³/mol. The third kappa shape index (κ3) is 4.73. The van der Waals surface area contributed by atoms with Gasteiger partial charge >= 0.3 is 6.09 Å². The molecule has 0 aliphatic rings. The Morgan fingerprint density at radius 3 is 2.32 bits per heavy atom. The van der Waals surface area contributed by atoms with E-state index in [4.69, 9.17) is 16.3 Å². The molecule has 1 aromatic rings. The van der Waals surface area contributed by atoms with Crippen LogP contribution in [0.4, 0.5) is 4.79 Å². The molecule has 1 rings (SSSR count). The van der Waals surface area contributed by atoms with Crippen molar-refractivity contribution in [3.8, 4) is 0 Å². The monoisotopic (exact) mass is 285 g/mol. The minimum Gasteiger partial charge on any atom is -0.444 e. The Balaban J connectivity index is 2.85. The van der Waals surface area contributed by atoms with Crippen LogP contribution in [0.1, 0.15) is 32.4 Å². The molecule has 0 heterocycles. The maximum Gasteiger partial charge on any atom is 0.410 e. The van der Waals surface area contributed by atoms with Crippen molar-refractivity contribution < 1.29 is 14.6 Å². The number of aliphatic hydroxyl groups excluding tert-OH is 1. The molecular weight excluding hydrogens is 266 g/mol. The van der Waals surface area contributed by atoms with E-state index in [1.54, 1.807) is 52.1 Å². The quantitative estimate of drug-likeness (QED) is 0.927. The maximum atomic E-state index is 12.0. The van der Waals surface area contributed by atoms with E-state index in [9.17, 15) is 9.90 Å². The first-order chi connectivity index (χ1) is 8.74. The number of benzene rings is 1. The number of halogens is 1. The molecular formula is C14H20ClNO3. The highest BCUT2D eigenvalue weighted by atomic mass is 35.5. The van der Waals surface area contributed by atoms with Gasteiger partial charge in [-0.1, -0.05) is 23.7 Å². The van der Waals surface area contributed by atoms with E-state index in [2.05, 4.69) is 0 Å². The summed E-state index contributed by atoms with van der Waals surface area (Å²) < 4.78 is 5.28. The Morgan fingerprint density at radius 1 is 1.37 bits per heavy atom. The van der Waals surface area contributed by atoms with Crippen LogP contribution in [0.2, 0.25) is 5.02 Å². The van der Waals surface area contributed by atoms with Crippen LogP contribution in [0.15, 0.2) is 24.3 Å². The van der Waals surface area contributed by atoms with E-state index in [1.165, 1.54) is 4.90 Å². The SMILES string of the molecule is CN(C(=O)OC(C)(C)C)C(CO)c1ccc(Cl)cc1. The fourth-order valence-electron chi connectivity index (χ4n) is 1.60. The van der Waals surface area contributed by atoms with Crippen molar-refractivity contribution in [2.75, 3.05) is 13.7 Å². The molecule has 19 heavy (non-hydrogen) atoms. The van der Waals surface area contributed by atoms with Crippen LogP contribution < -0.4 is 0 Å². The summed E-state index contributed by atoms with van der Waals surface area (Å²) in [5.74, 6) is 0. The molecule has 1 unspecified atom stereocenters. The number of rotatable bonds is 3. The van der Waals surface area contributed by atoms with Gasteiger partial charge < -0.3 is 14.7 Å². The Bertz CT molecular complexity index is 425. The lowest BCUT2D eigenvalue weighted by atomic mass is 10.1. The summed E-state index contributed by atoms with van der Waals surface area (Å²) in [4.78, 5) is 13.3. The van der Waals surface area contributed by atoms with Gasteiger partial charge in [0, 0.05) is 12.1 Å². The van der Waals surface area contributed by atoms with Crippen LogP contribution in [-0.2, 0) is 4.74 Å². The van der Waals surface area contributed by atoms with Crippen LogP contribution in [0.25, 0.3) is 0 Å². The first-order valence-corrected chi connectivity index (χ1v) is 6.44. The van der Waals surface area contributed by atoms with Crippen molar-refractivity contribution in [2.45, 2.75) is 32.4 Å². The van der Waals surface area contributed by atoms with Crippen molar-refractivity contribution in [3.63, 3.8) is 0 Å². The van der Waals surface area contributed by atoms with Gasteiger partial charge in [0.1, 0.15) is 5.60 Å². The predicted octanol–water partition coefficient (Wildman–Crippen LogP) is 3.24. The number of hydrogen-bond acceptors (Lipinski definition) is 3. The van der Waals surface area contributed by atoms with Gasteiger partial charge in [-0.2, -0.15) is 0 Å². The van der Waals surface area contributed by atoms with Gasteiger partial charge in [-0.3, -0.25) is 0 Å². The van der Waals surface area contributed by atoms with E-state index >= 15 is 0 Å². The van der Waals surface area contributed by atoms with Crippen molar-refractivity contribution >= 4 is 17.7 Å². The van der Waals surface area contributed by atoms with Gasteiger partial charge in [-0.05, 0) is 38.5 Å². The first kappa shape index (κ1) is 15.8. The van der Waals surface area contributed by atoms with E-state index < -0.39 is 17.7 Å². The third-order valence-electron chi connectivity index (χ3n) is 2.58. The second-order valence-corrected chi connectivity index (χ2v) is 5.78. The molecule has 0 aromatic heterocycles. The fraction of sp³-hybridized carbons (Fsp3) is 0.500. The smallest absolute Gasteiger partial charge is 0.410 e. The van der Waals surface area contributed by atoms with Gasteiger partial charge in [0.15, 0.2) is 0 Å². The third-order valence-corrected chi connectivity index (χ3v) is 2.83. The van der Waals surface area contributed by atoms with Gasteiger partial charge in [-0.25, -0.2) is 4.79 Å². The molecule has 0 spiro atoms. The number of amides is 1. The zero-order valence-electron chi connectivity index (χ0n) is 11.7. The Kier molecular flexibility index (Phi) is 5.20. The molecule has 0 aliphatic heterocycles. The zero-order valence-corrected chi connectivity index (χ0v) is 12.4. The van der Waals surface area contributed by atoms with Gasteiger partial charge in [0.2, 0.25) is 0 Å². The van der Waals surface area contributed by atoms with Crippen LogP contribution in [0.5, 0.6) is 0 Å². The van der Waals surface area contributed by atoms with Crippen molar-refractivity contribution in [2.24, 2.45) is 0 Å². The Labute approximate surface area is 118 Å². The fourth-order valence-corrected chi connectivity index (χ4v) is 1.72. The lowest BCUT2D eigenvalue weighted by Gasteiger charge is -2.30. The molecule has 0 saturated heterocycles. The standard InChI is InChI=1S/C14H20ClNO3/c1-14(2,3)19-13(18)16(4)12(9-17)10-5-7-11(15)8-6-10/h5-8,12,17H,9H2,1-4H3. The number of likely N-dealkylation sites (N-methyl/N-ethyl adjacent to an activating group) is 1. The summed E-state index contributed by atoms with van der Waals surface area (Å²) in [6, 6.07) is 6.56. The van der Waals surface area contributed by atoms with Gasteiger partial charge in [-0.15, -0.1) is 0 Å². The molecule has 0 radical (unpaired) electrons. The number of aliphatic hydroxyl groups is 1. The minimum atomic E-state index is -0.564. The van der Waals surface area contributed by atoms with Crippen LogP contribution in [0.3, 0.4) is 0 Å². The molecule has 1 N–H and O–H groups in total. The number of hydrogen-bond donors (Lipinski definition) is 1. The highest BCUT2D eigenvalue weighted by molar-refractivity contribution is 6.30. The van der Waals surface area contributed by atoms with Crippen LogP contribution >= 0.6 is 11.6 Å². The largest absolute Gasteiger partial charge is 0.444 e. The van der Waals surface area contributed by atoms with Gasteiger partial charge in [0.05, 0.1) is 12.6 Å². The van der Waals surface area contributed by atoms with E-state index in [-0.39, 0.29) is 6.61 Å². The zero-order chi connectivity index (χ0) is 14.6. The van der Waals surface area contributed by atoms with Crippen molar-refractivity contribution in [1.29, 1.82) is 0 Å². The normalized spacial score (nSPS) is 12.9. The average molecular weight is 286 g/mol. The molecule has 1 atom stereocenters. The number of carbonyl (C=O) groups excluding carboxylic acids is 1. The topological polar surface area (TPSA) is 49.8 Å². The molecule has 0 fully saturated rings. The first-order valence-electron chi connectivity index (χ1n) is 6.06. The number of ether oxygens (including phenoxy) is 1. The molecule has 0 aliphatic carbocycles. The minimum absolute atomic E-state index is 0.183. The second kappa shape index (κ2) is 6.26. The van der Waals surface area contributed by atoms with Crippen molar-refractivity contribution in [1.82, 2.24) is 4.90 Å². The maximum absolute atomic E-state index is 12.0. The molecule has 4 nitrogen and oxygen atoms in total. The highest BCUT2D eigenvalue weighted by Gasteiger charge is 2.25. The summed E-state index contributed by atoms with van der Waals surface area (Å²) in [6.07, 6.45) is -0.471. The second-order valence-electron chi connectivity index (χ2n) is 5.34. The summed E-state index contributed by atoms with van der Waals surface area (Å²) in [5, 5.41) is 10.1. The molecule has 0 saturated carbocycles. The summed E-state index contributed by atoms with van der Waals surface area (Å²) in [7, 11) is 1.60. The van der Waals surface area contributed by atoms with E-state index in [0.29, 0.717) is 5.02 Å². The number of carbonyl (C=O) groups is 1. The summed E-state index contributed by atoms with van der Waals surface area (Å²) in [6.45, 7) is 5.22. The van der Waals surface area contributed by atoms with Gasteiger partial charge in [0.25, 0.3) is 0 Å². The van der Waals surface area contributed by atoms with Crippen molar-refractivity contribution in [3.05, 3.63) is 34.9 Å². The molecule has 0 bridgehead atoms. The lowest BCUT2D eigenvalue weighted by molar-refractivity contribution is 0.0159. The molecule has 5 heteroatoms. The Morgan fingerprint density at radius 2 is 1.89 bits per heavy atom. The summed E-state index contributed by atoms with van der Waals surface area (Å²) in [5.41, 5.74) is 0.242. The average Bonchev–Trinajstić information content (AvgIpc) is 2.30. The molecule has 1 aromatic carbocycles. The Hall–Kier alpha value is -1.26. The number of nitrogens with zero attached hydrogens (tertiary/aromatic N) is 1. The van der Waals surface area contributed by atoms with E-state index in [0.717, 1.165) is 5.56 Å². The van der Waals surface area contributed by atoms with Crippen LogP contribution in [0, 0.1) is 0 Å². The molecule has 1 amide bonds. The lowest BCUT2D eigenvalue weighted by Crippen LogP contribution is -2.37.